The van der Waals surface area contributed by atoms with Crippen LogP contribution in [0.5, 0.6) is 0 Å². The van der Waals surface area contributed by atoms with Crippen LogP contribution in [0.1, 0.15) is 5.56 Å². The number of hydrogen-bond donors (Lipinski definition) is 0. The molecular weight excluding hydrogens is 236 g/mol. The van der Waals surface area contributed by atoms with Crippen molar-refractivity contribution >= 4 is 22.5 Å². The van der Waals surface area contributed by atoms with Gasteiger partial charge in [-0.2, -0.15) is 5.10 Å². The summed E-state index contributed by atoms with van der Waals surface area (Å²) in [7, 11) is 0. The summed E-state index contributed by atoms with van der Waals surface area (Å²) in [6, 6.07) is 5.75. The van der Waals surface area contributed by atoms with Crippen LogP contribution in [0.4, 0.5) is 0 Å². The largest absolute Gasteiger partial charge is 0.264 e. The molecule has 0 fully saturated rings. The van der Waals surface area contributed by atoms with Gasteiger partial charge in [-0.3, -0.25) is 9.67 Å². The minimum Gasteiger partial charge on any atom is -0.264 e. The smallest absolute Gasteiger partial charge is 0.131 e. The lowest BCUT2D eigenvalue weighted by atomic mass is 10.3. The molecule has 4 nitrogen and oxygen atoms in total. The van der Waals surface area contributed by atoms with Gasteiger partial charge in [0, 0.05) is 30.0 Å². The number of fused-ring (bicyclic) bond motifs is 1. The number of aromatic nitrogens is 4. The van der Waals surface area contributed by atoms with Crippen LogP contribution in [0, 0.1) is 0 Å². The third kappa shape index (κ3) is 1.99. The Morgan fingerprint density at radius 1 is 1.24 bits per heavy atom. The zero-order chi connectivity index (χ0) is 11.7. The Labute approximate surface area is 103 Å². The predicted molar refractivity (Wildman–Crippen MR) is 65.9 cm³/mol. The number of hydrogen-bond acceptors (Lipinski definition) is 3. The highest BCUT2D eigenvalue weighted by molar-refractivity contribution is 6.29. The molecule has 0 saturated carbocycles. The van der Waals surface area contributed by atoms with E-state index in [9.17, 15) is 0 Å². The molecule has 0 amide bonds. The standard InChI is InChI=1S/C12H9ClN4/c13-12-4-11-10(6-15-12)7-16-17(11)8-9-2-1-3-14-5-9/h1-7H,8H2. The second kappa shape index (κ2) is 4.14. The molecule has 3 aromatic rings. The van der Waals surface area contributed by atoms with Gasteiger partial charge in [0.2, 0.25) is 0 Å². The fraction of sp³-hybridized carbons (Fsp3) is 0.0833. The Hall–Kier alpha value is -1.94. The highest BCUT2D eigenvalue weighted by Crippen LogP contribution is 2.17. The molecule has 0 N–H and O–H groups in total. The molecule has 0 unspecified atom stereocenters. The average molecular weight is 245 g/mol. The fourth-order valence-corrected chi connectivity index (χ4v) is 1.89. The summed E-state index contributed by atoms with van der Waals surface area (Å²) < 4.78 is 1.89. The lowest BCUT2D eigenvalue weighted by Gasteiger charge is -2.03. The third-order valence-corrected chi connectivity index (χ3v) is 2.75. The normalized spacial score (nSPS) is 10.9. The van der Waals surface area contributed by atoms with Gasteiger partial charge in [-0.1, -0.05) is 17.7 Å². The van der Waals surface area contributed by atoms with Gasteiger partial charge in [0.1, 0.15) is 5.15 Å². The molecule has 0 aliphatic heterocycles. The van der Waals surface area contributed by atoms with Crippen LogP contribution in [0.25, 0.3) is 10.9 Å². The summed E-state index contributed by atoms with van der Waals surface area (Å²) in [4.78, 5) is 8.11. The Morgan fingerprint density at radius 3 is 3.00 bits per heavy atom. The Balaban J connectivity index is 2.03. The van der Waals surface area contributed by atoms with Crippen molar-refractivity contribution in [1.82, 2.24) is 19.7 Å². The molecular formula is C12H9ClN4. The summed E-state index contributed by atoms with van der Waals surface area (Å²) in [6.07, 6.45) is 7.10. The van der Waals surface area contributed by atoms with E-state index < -0.39 is 0 Å². The number of halogens is 1. The molecule has 5 heteroatoms. The molecule has 17 heavy (non-hydrogen) atoms. The molecule has 0 aliphatic rings. The summed E-state index contributed by atoms with van der Waals surface area (Å²) in [5.41, 5.74) is 2.08. The maximum absolute atomic E-state index is 5.89. The monoisotopic (exact) mass is 244 g/mol. The van der Waals surface area contributed by atoms with Crippen LogP contribution in [0.15, 0.2) is 43.0 Å². The molecule has 0 atom stereocenters. The lowest BCUT2D eigenvalue weighted by Crippen LogP contribution is -2.01. The van der Waals surface area contributed by atoms with Crippen LogP contribution in [-0.2, 0) is 6.54 Å². The minimum absolute atomic E-state index is 0.477. The first kappa shape index (κ1) is 10.2. The molecule has 0 spiro atoms. The molecule has 3 aromatic heterocycles. The summed E-state index contributed by atoms with van der Waals surface area (Å²) >= 11 is 5.89. The first-order valence-electron chi connectivity index (χ1n) is 5.19. The maximum atomic E-state index is 5.89. The van der Waals surface area contributed by atoms with Crippen molar-refractivity contribution in [2.24, 2.45) is 0 Å². The first-order valence-corrected chi connectivity index (χ1v) is 5.57. The van der Waals surface area contributed by atoms with E-state index in [-0.39, 0.29) is 0 Å². The highest BCUT2D eigenvalue weighted by atomic mass is 35.5. The average Bonchev–Trinajstić information content (AvgIpc) is 2.73. The second-order valence-corrected chi connectivity index (χ2v) is 4.12. The highest BCUT2D eigenvalue weighted by Gasteiger charge is 2.04. The Morgan fingerprint density at radius 2 is 2.18 bits per heavy atom. The summed E-state index contributed by atoms with van der Waals surface area (Å²) in [5.74, 6) is 0. The van der Waals surface area contributed by atoms with E-state index in [0.717, 1.165) is 16.5 Å². The molecule has 0 saturated heterocycles. The van der Waals surface area contributed by atoms with E-state index in [0.29, 0.717) is 11.7 Å². The summed E-state index contributed by atoms with van der Waals surface area (Å²) in [6.45, 7) is 0.678. The minimum atomic E-state index is 0.477. The van der Waals surface area contributed by atoms with E-state index in [1.807, 2.05) is 29.1 Å². The van der Waals surface area contributed by atoms with Gasteiger partial charge in [-0.15, -0.1) is 0 Å². The molecule has 3 rings (SSSR count). The van der Waals surface area contributed by atoms with Gasteiger partial charge >= 0.3 is 0 Å². The van der Waals surface area contributed by atoms with Gasteiger partial charge in [-0.05, 0) is 11.6 Å². The zero-order valence-electron chi connectivity index (χ0n) is 8.92. The number of nitrogens with zero attached hydrogens (tertiary/aromatic N) is 4. The van der Waals surface area contributed by atoms with Crippen molar-refractivity contribution in [3.8, 4) is 0 Å². The van der Waals surface area contributed by atoms with E-state index in [2.05, 4.69) is 15.1 Å². The molecule has 3 heterocycles. The first-order chi connectivity index (χ1) is 8.33. The maximum Gasteiger partial charge on any atom is 0.131 e. The molecule has 84 valence electrons. The van der Waals surface area contributed by atoms with Crippen LogP contribution in [-0.4, -0.2) is 19.7 Å². The van der Waals surface area contributed by atoms with E-state index in [1.54, 1.807) is 18.6 Å². The SMILES string of the molecule is Clc1cc2c(cn1)cnn2Cc1cccnc1. The van der Waals surface area contributed by atoms with E-state index in [1.165, 1.54) is 0 Å². The second-order valence-electron chi connectivity index (χ2n) is 3.73. The van der Waals surface area contributed by atoms with Crippen LogP contribution >= 0.6 is 11.6 Å². The van der Waals surface area contributed by atoms with Crippen molar-refractivity contribution in [2.75, 3.05) is 0 Å². The third-order valence-electron chi connectivity index (χ3n) is 2.55. The molecule has 0 bridgehead atoms. The molecule has 0 radical (unpaired) electrons. The van der Waals surface area contributed by atoms with Gasteiger partial charge in [-0.25, -0.2) is 4.98 Å². The van der Waals surface area contributed by atoms with E-state index in [4.69, 9.17) is 11.6 Å². The zero-order valence-corrected chi connectivity index (χ0v) is 9.67. The predicted octanol–water partition coefficient (Wildman–Crippen LogP) is 2.53. The van der Waals surface area contributed by atoms with Gasteiger partial charge in [0.25, 0.3) is 0 Å². The fourth-order valence-electron chi connectivity index (χ4n) is 1.74. The topological polar surface area (TPSA) is 43.6 Å². The van der Waals surface area contributed by atoms with Crippen molar-refractivity contribution in [3.05, 3.63) is 53.7 Å². The van der Waals surface area contributed by atoms with Crippen molar-refractivity contribution in [3.63, 3.8) is 0 Å². The van der Waals surface area contributed by atoms with Gasteiger partial charge < -0.3 is 0 Å². The van der Waals surface area contributed by atoms with Crippen molar-refractivity contribution < 1.29 is 0 Å². The van der Waals surface area contributed by atoms with Crippen LogP contribution in [0.2, 0.25) is 5.15 Å². The number of rotatable bonds is 2. The Bertz CT molecular complexity index is 648. The summed E-state index contributed by atoms with van der Waals surface area (Å²) in [5, 5.41) is 5.78. The van der Waals surface area contributed by atoms with Crippen molar-refractivity contribution in [2.45, 2.75) is 6.54 Å². The lowest BCUT2D eigenvalue weighted by molar-refractivity contribution is 0.709. The molecule has 0 aliphatic carbocycles. The quantitative estimate of drug-likeness (QED) is 0.651. The van der Waals surface area contributed by atoms with Gasteiger partial charge in [0.05, 0.1) is 18.3 Å². The molecule has 0 aromatic carbocycles. The van der Waals surface area contributed by atoms with Crippen LogP contribution < -0.4 is 0 Å². The van der Waals surface area contributed by atoms with Gasteiger partial charge in [0.15, 0.2) is 0 Å². The van der Waals surface area contributed by atoms with E-state index >= 15 is 0 Å². The Kier molecular flexibility index (Phi) is 2.49. The number of pyridine rings is 2. The van der Waals surface area contributed by atoms with Crippen LogP contribution in [0.3, 0.4) is 0 Å². The van der Waals surface area contributed by atoms with Crippen molar-refractivity contribution in [1.29, 1.82) is 0 Å².